The van der Waals surface area contributed by atoms with Crippen LogP contribution in [-0.4, -0.2) is 21.4 Å². The summed E-state index contributed by atoms with van der Waals surface area (Å²) in [6.07, 6.45) is -1.11. The van der Waals surface area contributed by atoms with E-state index in [1.165, 1.54) is 18.6 Å². The molecule has 4 aromatic carbocycles. The molecule has 3 atom stereocenters. The summed E-state index contributed by atoms with van der Waals surface area (Å²) >= 11 is 0. The SMILES string of the molecule is CC1CCC2C(C1)c1c(c3ccccc3c3nc4cc(C(=O)c5ccc(C(F)(F)F)cc5)ccc4nc13)OC2(C)C. The van der Waals surface area contributed by atoms with Crippen LogP contribution in [0.15, 0.2) is 66.7 Å². The zero-order valence-corrected chi connectivity index (χ0v) is 23.0. The van der Waals surface area contributed by atoms with Crippen LogP contribution in [0.3, 0.4) is 0 Å². The molecule has 7 heteroatoms. The van der Waals surface area contributed by atoms with Crippen molar-refractivity contribution in [3.05, 3.63) is 89.0 Å². The van der Waals surface area contributed by atoms with Gasteiger partial charge in [0.05, 0.1) is 27.6 Å². The number of nitrogens with zero attached hydrogens (tertiary/aromatic N) is 2. The number of fused-ring (bicyclic) bond motifs is 9. The van der Waals surface area contributed by atoms with Gasteiger partial charge in [0, 0.05) is 33.4 Å². The average Bonchev–Trinajstić information content (AvgIpc) is 2.95. The molecule has 0 radical (unpaired) electrons. The van der Waals surface area contributed by atoms with Gasteiger partial charge in [-0.3, -0.25) is 4.79 Å². The zero-order chi connectivity index (χ0) is 28.7. The fourth-order valence-corrected chi connectivity index (χ4v) is 7.01. The lowest BCUT2D eigenvalue weighted by Gasteiger charge is -2.49. The minimum absolute atomic E-state index is 0.183. The predicted molar refractivity (Wildman–Crippen MR) is 153 cm³/mol. The molecule has 2 aliphatic rings. The van der Waals surface area contributed by atoms with Crippen molar-refractivity contribution in [2.75, 3.05) is 0 Å². The van der Waals surface area contributed by atoms with E-state index in [4.69, 9.17) is 14.7 Å². The molecule has 0 N–H and O–H groups in total. The van der Waals surface area contributed by atoms with Gasteiger partial charge in [-0.25, -0.2) is 9.97 Å². The van der Waals surface area contributed by atoms with E-state index in [0.29, 0.717) is 34.4 Å². The first-order valence-corrected chi connectivity index (χ1v) is 14.1. The number of alkyl halides is 3. The van der Waals surface area contributed by atoms with Gasteiger partial charge in [0.2, 0.25) is 0 Å². The number of ketones is 1. The second-order valence-electron chi connectivity index (χ2n) is 12.2. The van der Waals surface area contributed by atoms with Crippen molar-refractivity contribution in [1.29, 1.82) is 0 Å². The maximum absolute atomic E-state index is 13.2. The van der Waals surface area contributed by atoms with Crippen molar-refractivity contribution >= 4 is 38.6 Å². The summed E-state index contributed by atoms with van der Waals surface area (Å²) in [6, 6.07) is 17.5. The van der Waals surface area contributed by atoms with Crippen molar-refractivity contribution < 1.29 is 22.7 Å². The van der Waals surface area contributed by atoms with E-state index in [0.717, 1.165) is 58.1 Å². The number of ether oxygens (including phenoxy) is 1. The molecule has 1 aromatic heterocycles. The molecule has 4 nitrogen and oxygen atoms in total. The van der Waals surface area contributed by atoms with Gasteiger partial charge in [-0.2, -0.15) is 13.2 Å². The van der Waals surface area contributed by atoms with E-state index >= 15 is 0 Å². The Morgan fingerprint density at radius 2 is 1.56 bits per heavy atom. The Labute approximate surface area is 235 Å². The molecule has 0 saturated heterocycles. The van der Waals surface area contributed by atoms with Crippen LogP contribution in [0.25, 0.3) is 32.8 Å². The summed E-state index contributed by atoms with van der Waals surface area (Å²) in [7, 11) is 0. The van der Waals surface area contributed by atoms with Crippen molar-refractivity contribution in [2.24, 2.45) is 11.8 Å². The Morgan fingerprint density at radius 1 is 0.878 bits per heavy atom. The van der Waals surface area contributed by atoms with Gasteiger partial charge in [0.1, 0.15) is 11.4 Å². The highest BCUT2D eigenvalue weighted by atomic mass is 19.4. The van der Waals surface area contributed by atoms with E-state index in [1.54, 1.807) is 18.2 Å². The molecular formula is C34H29F3N2O2. The molecular weight excluding hydrogens is 525 g/mol. The Kier molecular flexibility index (Phi) is 5.69. The maximum Gasteiger partial charge on any atom is 0.416 e. The Balaban J connectivity index is 1.41. The van der Waals surface area contributed by atoms with E-state index in [1.807, 2.05) is 18.2 Å². The van der Waals surface area contributed by atoms with Gasteiger partial charge in [-0.15, -0.1) is 0 Å². The molecule has 3 unspecified atom stereocenters. The highest BCUT2D eigenvalue weighted by molar-refractivity contribution is 6.13. The first-order valence-electron chi connectivity index (χ1n) is 14.1. The Bertz CT molecular complexity index is 1860. The average molecular weight is 555 g/mol. The third-order valence-corrected chi connectivity index (χ3v) is 9.07. The lowest BCUT2D eigenvalue weighted by Crippen LogP contribution is -2.46. The topological polar surface area (TPSA) is 52.1 Å². The molecule has 2 heterocycles. The maximum atomic E-state index is 13.2. The second-order valence-corrected chi connectivity index (χ2v) is 12.2. The van der Waals surface area contributed by atoms with E-state index in [2.05, 4.69) is 26.8 Å². The normalized spacial score (nSPS) is 21.9. The van der Waals surface area contributed by atoms with Crippen molar-refractivity contribution in [2.45, 2.75) is 57.7 Å². The first kappa shape index (κ1) is 25.9. The van der Waals surface area contributed by atoms with Gasteiger partial charge in [-0.05, 0) is 68.9 Å². The molecule has 41 heavy (non-hydrogen) atoms. The number of carbonyl (C=O) groups is 1. The van der Waals surface area contributed by atoms with Crippen LogP contribution in [0.2, 0.25) is 0 Å². The molecule has 1 aliphatic carbocycles. The molecule has 0 amide bonds. The highest BCUT2D eigenvalue weighted by Crippen LogP contribution is 2.56. The quantitative estimate of drug-likeness (QED) is 0.124. The molecule has 7 rings (SSSR count). The largest absolute Gasteiger partial charge is 0.487 e. The number of hydrogen-bond donors (Lipinski definition) is 0. The van der Waals surface area contributed by atoms with Gasteiger partial charge in [0.25, 0.3) is 0 Å². The molecule has 1 aliphatic heterocycles. The van der Waals surface area contributed by atoms with Crippen LogP contribution < -0.4 is 4.74 Å². The van der Waals surface area contributed by atoms with Crippen LogP contribution >= 0.6 is 0 Å². The first-order chi connectivity index (χ1) is 19.5. The number of hydrogen-bond acceptors (Lipinski definition) is 4. The number of carbonyl (C=O) groups excluding carboxylic acids is 1. The molecule has 1 fully saturated rings. The summed E-state index contributed by atoms with van der Waals surface area (Å²) in [5.41, 5.74) is 3.40. The summed E-state index contributed by atoms with van der Waals surface area (Å²) in [6.45, 7) is 6.71. The van der Waals surface area contributed by atoms with Crippen LogP contribution in [0.5, 0.6) is 5.75 Å². The lowest BCUT2D eigenvalue weighted by atomic mass is 9.64. The van der Waals surface area contributed by atoms with E-state index in [9.17, 15) is 18.0 Å². The van der Waals surface area contributed by atoms with Gasteiger partial charge < -0.3 is 4.74 Å². The van der Waals surface area contributed by atoms with Crippen LogP contribution in [0.1, 0.15) is 73.0 Å². The highest BCUT2D eigenvalue weighted by Gasteiger charge is 2.47. The summed E-state index contributed by atoms with van der Waals surface area (Å²) in [5, 5.41) is 1.94. The molecule has 0 spiro atoms. The number of benzene rings is 4. The fraction of sp³-hybridized carbons (Fsp3) is 0.324. The number of halogens is 3. The molecule has 208 valence electrons. The van der Waals surface area contributed by atoms with Crippen LogP contribution in [0.4, 0.5) is 13.2 Å². The predicted octanol–water partition coefficient (Wildman–Crippen LogP) is 8.88. The minimum atomic E-state index is -4.46. The molecule has 1 saturated carbocycles. The second kappa shape index (κ2) is 9.00. The monoisotopic (exact) mass is 554 g/mol. The lowest BCUT2D eigenvalue weighted by molar-refractivity contribution is -0.137. The summed E-state index contributed by atoms with van der Waals surface area (Å²) in [5.74, 6) is 1.81. The summed E-state index contributed by atoms with van der Waals surface area (Å²) in [4.78, 5) is 23.4. The van der Waals surface area contributed by atoms with Gasteiger partial charge in [0.15, 0.2) is 5.78 Å². The standard InChI is InChI=1S/C34H29F3N2O2/c1-18-8-14-25-24(16-18)28-30-29(22-6-4-5-7-23(22)32(28)41-33(25,2)3)39-27-17-20(11-15-26(27)38-30)31(40)19-9-12-21(13-10-19)34(35,36)37/h4-7,9-13,15,17-18,24-25H,8,14,16H2,1-3H3. The number of rotatable bonds is 2. The van der Waals surface area contributed by atoms with Crippen molar-refractivity contribution in [1.82, 2.24) is 9.97 Å². The van der Waals surface area contributed by atoms with E-state index in [-0.39, 0.29) is 16.9 Å². The number of aromatic nitrogens is 2. The minimum Gasteiger partial charge on any atom is -0.487 e. The van der Waals surface area contributed by atoms with Crippen molar-refractivity contribution in [3.8, 4) is 5.75 Å². The fourth-order valence-electron chi connectivity index (χ4n) is 7.01. The Morgan fingerprint density at radius 3 is 2.29 bits per heavy atom. The smallest absolute Gasteiger partial charge is 0.416 e. The zero-order valence-electron chi connectivity index (χ0n) is 23.0. The van der Waals surface area contributed by atoms with Crippen molar-refractivity contribution in [3.63, 3.8) is 0 Å². The third kappa shape index (κ3) is 4.16. The van der Waals surface area contributed by atoms with Gasteiger partial charge in [-0.1, -0.05) is 49.7 Å². The van der Waals surface area contributed by atoms with Crippen LogP contribution in [-0.2, 0) is 6.18 Å². The third-order valence-electron chi connectivity index (χ3n) is 9.07. The van der Waals surface area contributed by atoms with Crippen LogP contribution in [0, 0.1) is 11.8 Å². The Hall–Kier alpha value is -4.00. The molecule has 5 aromatic rings. The summed E-state index contributed by atoms with van der Waals surface area (Å²) < 4.78 is 45.8. The molecule has 0 bridgehead atoms. The van der Waals surface area contributed by atoms with Gasteiger partial charge >= 0.3 is 6.18 Å². The van der Waals surface area contributed by atoms with E-state index < -0.39 is 11.7 Å².